The van der Waals surface area contributed by atoms with E-state index in [4.69, 9.17) is 15.5 Å². The van der Waals surface area contributed by atoms with E-state index in [9.17, 15) is 9.90 Å². The van der Waals surface area contributed by atoms with Gasteiger partial charge in [0, 0.05) is 22.1 Å². The number of nitrogens with zero attached hydrogens (tertiary/aromatic N) is 1. The summed E-state index contributed by atoms with van der Waals surface area (Å²) in [6.45, 7) is 1.95. The first-order valence-electron chi connectivity index (χ1n) is 9.83. The maximum absolute atomic E-state index is 11.2. The van der Waals surface area contributed by atoms with Crippen LogP contribution in [0.3, 0.4) is 0 Å². The largest absolute Gasteiger partial charge is 0.479 e. The molecule has 30 heavy (non-hydrogen) atoms. The summed E-state index contributed by atoms with van der Waals surface area (Å²) in [7, 11) is 0. The molecule has 4 aromatic rings. The summed E-state index contributed by atoms with van der Waals surface area (Å²) in [4.78, 5) is 16.0. The number of aliphatic carboxylic acids is 1. The molecular weight excluding hydrogens is 378 g/mol. The van der Waals surface area contributed by atoms with Crippen LogP contribution in [0.1, 0.15) is 18.9 Å². The van der Waals surface area contributed by atoms with Gasteiger partial charge in [-0.2, -0.15) is 0 Å². The summed E-state index contributed by atoms with van der Waals surface area (Å²) < 4.78 is 5.55. The zero-order valence-electron chi connectivity index (χ0n) is 16.6. The van der Waals surface area contributed by atoms with Crippen LogP contribution in [-0.2, 0) is 16.1 Å². The van der Waals surface area contributed by atoms with Crippen LogP contribution in [0, 0.1) is 0 Å². The molecule has 1 aromatic heterocycles. The predicted molar refractivity (Wildman–Crippen MR) is 120 cm³/mol. The van der Waals surface area contributed by atoms with Gasteiger partial charge >= 0.3 is 5.97 Å². The lowest BCUT2D eigenvalue weighted by Gasteiger charge is -2.16. The highest BCUT2D eigenvalue weighted by molar-refractivity contribution is 6.08. The van der Waals surface area contributed by atoms with Gasteiger partial charge in [-0.25, -0.2) is 9.78 Å². The van der Waals surface area contributed by atoms with E-state index in [0.717, 1.165) is 38.7 Å². The molecule has 0 aliphatic rings. The number of fused-ring (bicyclic) bond motifs is 2. The van der Waals surface area contributed by atoms with Crippen LogP contribution in [0.5, 0.6) is 0 Å². The maximum Gasteiger partial charge on any atom is 0.332 e. The van der Waals surface area contributed by atoms with Crippen molar-refractivity contribution >= 4 is 44.8 Å². The molecule has 0 saturated carbocycles. The number of para-hydroxylation sites is 2. The van der Waals surface area contributed by atoms with Crippen LogP contribution in [0.4, 0.5) is 17.1 Å². The number of carbonyl (C=O) groups is 1. The van der Waals surface area contributed by atoms with E-state index < -0.39 is 12.1 Å². The summed E-state index contributed by atoms with van der Waals surface area (Å²) in [6, 6.07) is 21.5. The molecule has 0 bridgehead atoms. The predicted octanol–water partition coefficient (Wildman–Crippen LogP) is 5.09. The van der Waals surface area contributed by atoms with E-state index in [1.165, 1.54) is 0 Å². The number of pyridine rings is 1. The average molecular weight is 401 g/mol. The molecule has 152 valence electrons. The van der Waals surface area contributed by atoms with Crippen LogP contribution < -0.4 is 11.1 Å². The summed E-state index contributed by atoms with van der Waals surface area (Å²) in [5.74, 6) is -0.963. The highest BCUT2D eigenvalue weighted by atomic mass is 16.5. The molecule has 1 atom stereocenters. The van der Waals surface area contributed by atoms with Gasteiger partial charge in [0.25, 0.3) is 0 Å². The van der Waals surface area contributed by atoms with Crippen molar-refractivity contribution in [1.82, 2.24) is 4.98 Å². The molecule has 0 aliphatic heterocycles. The second-order valence-electron chi connectivity index (χ2n) is 7.16. The van der Waals surface area contributed by atoms with Crippen LogP contribution in [-0.4, -0.2) is 22.2 Å². The number of hydrogen-bond donors (Lipinski definition) is 3. The first-order valence-corrected chi connectivity index (χ1v) is 9.83. The Bertz CT molecular complexity index is 1170. The molecule has 0 aliphatic carbocycles. The monoisotopic (exact) mass is 401 g/mol. The molecule has 6 heteroatoms. The summed E-state index contributed by atoms with van der Waals surface area (Å²) in [6.07, 6.45) is -0.437. The Balaban J connectivity index is 1.71. The highest BCUT2D eigenvalue weighted by Gasteiger charge is 2.16. The Labute approximate surface area is 174 Å². The van der Waals surface area contributed by atoms with Crippen LogP contribution in [0.15, 0.2) is 66.7 Å². The second-order valence-corrected chi connectivity index (χ2v) is 7.16. The van der Waals surface area contributed by atoms with E-state index in [-0.39, 0.29) is 6.61 Å². The lowest BCUT2D eigenvalue weighted by atomic mass is 10.1. The van der Waals surface area contributed by atoms with Crippen molar-refractivity contribution in [3.05, 3.63) is 72.3 Å². The fourth-order valence-corrected chi connectivity index (χ4v) is 3.55. The van der Waals surface area contributed by atoms with Gasteiger partial charge in [0.15, 0.2) is 6.10 Å². The zero-order chi connectivity index (χ0) is 21.1. The van der Waals surface area contributed by atoms with Crippen molar-refractivity contribution in [3.8, 4) is 0 Å². The number of anilines is 3. The molecule has 1 unspecified atom stereocenters. The number of nitrogen functional groups attached to an aromatic ring is 1. The molecule has 3 aromatic carbocycles. The third kappa shape index (κ3) is 4.04. The zero-order valence-corrected chi connectivity index (χ0v) is 16.6. The number of carboxylic acids is 1. The molecule has 1 heterocycles. The van der Waals surface area contributed by atoms with Gasteiger partial charge in [-0.1, -0.05) is 43.3 Å². The number of rotatable bonds is 7. The Morgan fingerprint density at radius 1 is 1.07 bits per heavy atom. The number of nitrogens with one attached hydrogen (secondary N) is 1. The Morgan fingerprint density at radius 2 is 1.70 bits per heavy atom. The van der Waals surface area contributed by atoms with Gasteiger partial charge in [-0.15, -0.1) is 0 Å². The minimum Gasteiger partial charge on any atom is -0.479 e. The molecule has 4 rings (SSSR count). The van der Waals surface area contributed by atoms with Crippen molar-refractivity contribution in [2.45, 2.75) is 26.1 Å². The molecule has 0 fully saturated rings. The summed E-state index contributed by atoms with van der Waals surface area (Å²) in [5, 5.41) is 14.7. The quantitative estimate of drug-likeness (QED) is 0.295. The topological polar surface area (TPSA) is 97.5 Å². The first kappa shape index (κ1) is 19.7. The number of ether oxygens (including phenoxy) is 1. The Morgan fingerprint density at radius 3 is 2.30 bits per heavy atom. The van der Waals surface area contributed by atoms with E-state index in [1.807, 2.05) is 60.7 Å². The van der Waals surface area contributed by atoms with Crippen molar-refractivity contribution in [1.29, 1.82) is 0 Å². The van der Waals surface area contributed by atoms with Crippen molar-refractivity contribution in [2.75, 3.05) is 11.1 Å². The van der Waals surface area contributed by atoms with Crippen LogP contribution in [0.25, 0.3) is 21.8 Å². The van der Waals surface area contributed by atoms with Crippen LogP contribution in [0.2, 0.25) is 0 Å². The standard InChI is InChI=1S/C24H23N3O3/c1-2-22(24(28)29)30-14-15-11-16(25)13-17(12-15)26-23-18-7-3-5-9-20(18)27-21-10-6-4-8-19(21)23/h3-13,22H,2,14,25H2,1H3,(H,26,27)(H,28,29). The van der Waals surface area contributed by atoms with Crippen molar-refractivity contribution in [2.24, 2.45) is 0 Å². The lowest BCUT2D eigenvalue weighted by molar-refractivity contribution is -0.151. The third-order valence-corrected chi connectivity index (χ3v) is 4.97. The molecule has 0 amide bonds. The second kappa shape index (κ2) is 8.39. The number of benzene rings is 3. The number of carboxylic acid groups (broad SMARTS) is 1. The van der Waals surface area contributed by atoms with Gasteiger partial charge in [0.05, 0.1) is 23.3 Å². The van der Waals surface area contributed by atoms with Crippen molar-refractivity contribution in [3.63, 3.8) is 0 Å². The van der Waals surface area contributed by atoms with Gasteiger partial charge in [0.2, 0.25) is 0 Å². The van der Waals surface area contributed by atoms with Gasteiger partial charge in [-0.05, 0) is 42.3 Å². The van der Waals surface area contributed by atoms with E-state index in [2.05, 4.69) is 5.32 Å². The SMILES string of the molecule is CCC(OCc1cc(N)cc(Nc2c3ccccc3nc3ccccc23)c1)C(=O)O. The normalized spacial score (nSPS) is 12.2. The smallest absolute Gasteiger partial charge is 0.332 e. The highest BCUT2D eigenvalue weighted by Crippen LogP contribution is 2.33. The first-order chi connectivity index (χ1) is 14.5. The minimum absolute atomic E-state index is 0.169. The van der Waals surface area contributed by atoms with Gasteiger partial charge in [0.1, 0.15) is 0 Å². The van der Waals surface area contributed by atoms with Crippen molar-refractivity contribution < 1.29 is 14.6 Å². The molecule has 4 N–H and O–H groups in total. The molecule has 0 spiro atoms. The maximum atomic E-state index is 11.2. The van der Waals surface area contributed by atoms with E-state index in [0.29, 0.717) is 12.1 Å². The Hall–Kier alpha value is -3.64. The third-order valence-electron chi connectivity index (χ3n) is 4.97. The molecule has 0 radical (unpaired) electrons. The van der Waals surface area contributed by atoms with Gasteiger partial charge < -0.3 is 20.9 Å². The molecule has 6 nitrogen and oxygen atoms in total. The fraction of sp³-hybridized carbons (Fsp3) is 0.167. The molecular formula is C24H23N3O3. The fourth-order valence-electron chi connectivity index (χ4n) is 3.55. The van der Waals surface area contributed by atoms with Crippen LogP contribution >= 0.6 is 0 Å². The van der Waals surface area contributed by atoms with E-state index >= 15 is 0 Å². The average Bonchev–Trinajstić information content (AvgIpc) is 2.73. The summed E-state index contributed by atoms with van der Waals surface area (Å²) >= 11 is 0. The minimum atomic E-state index is -0.963. The lowest BCUT2D eigenvalue weighted by Crippen LogP contribution is -2.22. The Kier molecular flexibility index (Phi) is 5.50. The summed E-state index contributed by atoms with van der Waals surface area (Å²) in [5.41, 5.74) is 11.0. The number of hydrogen-bond acceptors (Lipinski definition) is 5. The number of aromatic nitrogens is 1. The molecule has 0 saturated heterocycles. The number of nitrogens with two attached hydrogens (primary N) is 1. The van der Waals surface area contributed by atoms with Gasteiger partial charge in [-0.3, -0.25) is 0 Å². The van der Waals surface area contributed by atoms with E-state index in [1.54, 1.807) is 13.0 Å².